The Labute approximate surface area is 186 Å². The molecule has 4 aromatic rings. The lowest BCUT2D eigenvalue weighted by atomic mass is 10.2. The Morgan fingerprint density at radius 3 is 2.84 bits per heavy atom. The van der Waals surface area contributed by atoms with Gasteiger partial charge in [-0.05, 0) is 24.3 Å². The molecule has 0 unspecified atom stereocenters. The maximum atomic E-state index is 12.5. The van der Waals surface area contributed by atoms with Crippen molar-refractivity contribution in [3.8, 4) is 11.5 Å². The van der Waals surface area contributed by atoms with E-state index in [0.717, 1.165) is 15.2 Å². The first-order valence-corrected chi connectivity index (χ1v) is 11.4. The fraction of sp³-hybridized carbons (Fsp3) is 0.238. The Morgan fingerprint density at radius 2 is 1.97 bits per heavy atom. The molecule has 0 saturated heterocycles. The second-order valence-corrected chi connectivity index (χ2v) is 8.93. The molecule has 1 aliphatic rings. The summed E-state index contributed by atoms with van der Waals surface area (Å²) in [6.07, 6.45) is -0.478. The van der Waals surface area contributed by atoms with E-state index in [4.69, 9.17) is 13.9 Å². The number of thioether (sulfide) groups is 1. The van der Waals surface area contributed by atoms with Crippen LogP contribution in [-0.2, 0) is 11.3 Å². The third-order valence-corrected chi connectivity index (χ3v) is 6.49. The molecular formula is C21H18N4O4S2. The number of carbonyl (C=O) groups excluding carboxylic acids is 1. The third-order valence-electron chi connectivity index (χ3n) is 4.66. The van der Waals surface area contributed by atoms with Crippen molar-refractivity contribution in [1.29, 1.82) is 0 Å². The van der Waals surface area contributed by atoms with Gasteiger partial charge >= 0.3 is 0 Å². The van der Waals surface area contributed by atoms with Gasteiger partial charge in [0.1, 0.15) is 11.6 Å². The Bertz CT molecular complexity index is 1190. The van der Waals surface area contributed by atoms with Gasteiger partial charge in [-0.25, -0.2) is 4.98 Å². The first-order valence-electron chi connectivity index (χ1n) is 9.59. The maximum Gasteiger partial charge on any atom is 0.277 e. The second-order valence-electron chi connectivity index (χ2n) is 6.88. The summed E-state index contributed by atoms with van der Waals surface area (Å²) in [4.78, 5) is 18.8. The molecule has 0 aliphatic carbocycles. The van der Waals surface area contributed by atoms with E-state index in [2.05, 4.69) is 15.2 Å². The molecule has 0 bridgehead atoms. The van der Waals surface area contributed by atoms with Crippen LogP contribution in [0.5, 0.6) is 11.5 Å². The number of para-hydroxylation sites is 3. The molecule has 1 aliphatic heterocycles. The topological polar surface area (TPSA) is 90.6 Å². The van der Waals surface area contributed by atoms with Crippen LogP contribution in [0.3, 0.4) is 0 Å². The normalized spacial score (nSPS) is 15.2. The average molecular weight is 455 g/mol. The number of hydrogen-bond acceptors (Lipinski definition) is 9. The predicted octanol–water partition coefficient (Wildman–Crippen LogP) is 3.94. The lowest BCUT2D eigenvalue weighted by molar-refractivity contribution is -0.127. The standard InChI is InChI=1S/C21H18N4O4S2/c1-25(10-18-22-13-6-2-5-9-17(13)31-18)19(26)12-30-21-24-23-20(29-21)16-11-27-14-7-3-4-8-15(14)28-16/h2-9,16H,10-12H2,1H3/t16-/m0/s1. The van der Waals surface area contributed by atoms with E-state index in [1.165, 1.54) is 11.8 Å². The van der Waals surface area contributed by atoms with E-state index in [9.17, 15) is 4.79 Å². The minimum atomic E-state index is -0.478. The van der Waals surface area contributed by atoms with Gasteiger partial charge in [-0.1, -0.05) is 36.0 Å². The molecule has 8 nitrogen and oxygen atoms in total. The van der Waals surface area contributed by atoms with Gasteiger partial charge < -0.3 is 18.8 Å². The lowest BCUT2D eigenvalue weighted by Crippen LogP contribution is -2.27. The maximum absolute atomic E-state index is 12.5. The molecule has 0 fully saturated rings. The van der Waals surface area contributed by atoms with Crippen LogP contribution in [0.25, 0.3) is 10.2 Å². The monoisotopic (exact) mass is 454 g/mol. The van der Waals surface area contributed by atoms with E-state index in [1.54, 1.807) is 23.3 Å². The summed E-state index contributed by atoms with van der Waals surface area (Å²) in [5, 5.41) is 9.29. The average Bonchev–Trinajstić information content (AvgIpc) is 3.43. The number of thiazole rings is 1. The van der Waals surface area contributed by atoms with Gasteiger partial charge in [-0.2, -0.15) is 0 Å². The number of rotatable bonds is 6. The van der Waals surface area contributed by atoms with Crippen LogP contribution in [0.2, 0.25) is 0 Å². The molecule has 5 rings (SSSR count). The molecule has 1 amide bonds. The molecule has 10 heteroatoms. The van der Waals surface area contributed by atoms with Crippen LogP contribution in [0, 0.1) is 0 Å². The molecule has 0 spiro atoms. The highest BCUT2D eigenvalue weighted by Crippen LogP contribution is 2.36. The molecule has 158 valence electrons. The zero-order chi connectivity index (χ0) is 21.2. The van der Waals surface area contributed by atoms with Crippen molar-refractivity contribution in [2.45, 2.75) is 17.9 Å². The fourth-order valence-corrected chi connectivity index (χ4v) is 4.79. The van der Waals surface area contributed by atoms with Gasteiger partial charge in [0.2, 0.25) is 12.0 Å². The Kier molecular flexibility index (Phi) is 5.47. The van der Waals surface area contributed by atoms with Gasteiger partial charge in [0.05, 0.1) is 22.5 Å². The van der Waals surface area contributed by atoms with Gasteiger partial charge in [-0.15, -0.1) is 21.5 Å². The molecular weight excluding hydrogens is 436 g/mol. The number of benzene rings is 2. The minimum Gasteiger partial charge on any atom is -0.485 e. The molecule has 0 N–H and O–H groups in total. The van der Waals surface area contributed by atoms with Crippen molar-refractivity contribution in [3.05, 3.63) is 59.4 Å². The summed E-state index contributed by atoms with van der Waals surface area (Å²) < 4.78 is 18.4. The van der Waals surface area contributed by atoms with Gasteiger partial charge in [0.25, 0.3) is 11.1 Å². The number of ether oxygens (including phenoxy) is 2. The molecule has 2 aromatic heterocycles. The third kappa shape index (κ3) is 4.35. The fourth-order valence-electron chi connectivity index (χ4n) is 3.06. The van der Waals surface area contributed by atoms with E-state index < -0.39 is 6.10 Å². The number of hydrogen-bond donors (Lipinski definition) is 0. The predicted molar refractivity (Wildman–Crippen MR) is 116 cm³/mol. The second kappa shape index (κ2) is 8.56. The Morgan fingerprint density at radius 1 is 1.16 bits per heavy atom. The molecule has 0 saturated carbocycles. The molecule has 31 heavy (non-hydrogen) atoms. The van der Waals surface area contributed by atoms with Crippen LogP contribution in [0.1, 0.15) is 17.0 Å². The highest BCUT2D eigenvalue weighted by atomic mass is 32.2. The highest BCUT2D eigenvalue weighted by molar-refractivity contribution is 7.99. The van der Waals surface area contributed by atoms with Crippen LogP contribution in [-0.4, -0.2) is 45.4 Å². The molecule has 2 aromatic carbocycles. The summed E-state index contributed by atoms with van der Waals surface area (Å²) in [5.74, 6) is 1.79. The Balaban J connectivity index is 1.16. The van der Waals surface area contributed by atoms with Crippen molar-refractivity contribution < 1.29 is 18.7 Å². The van der Waals surface area contributed by atoms with Crippen molar-refractivity contribution in [2.75, 3.05) is 19.4 Å². The van der Waals surface area contributed by atoms with Crippen molar-refractivity contribution in [2.24, 2.45) is 0 Å². The van der Waals surface area contributed by atoms with Gasteiger partial charge in [0.15, 0.2) is 11.5 Å². The van der Waals surface area contributed by atoms with Crippen LogP contribution >= 0.6 is 23.1 Å². The summed E-state index contributed by atoms with van der Waals surface area (Å²) in [5.41, 5.74) is 0.952. The van der Waals surface area contributed by atoms with Crippen LogP contribution in [0.4, 0.5) is 0 Å². The summed E-state index contributed by atoms with van der Waals surface area (Å²) in [6, 6.07) is 15.4. The molecule has 1 atom stereocenters. The number of carbonyl (C=O) groups is 1. The largest absolute Gasteiger partial charge is 0.485 e. The van der Waals surface area contributed by atoms with Crippen LogP contribution in [0.15, 0.2) is 58.2 Å². The summed E-state index contributed by atoms with van der Waals surface area (Å²) in [7, 11) is 1.76. The number of nitrogens with zero attached hydrogens (tertiary/aromatic N) is 4. The highest BCUT2D eigenvalue weighted by Gasteiger charge is 2.27. The SMILES string of the molecule is CN(Cc1nc2ccccc2s1)C(=O)CSc1nnc([C@@H]2COc3ccccc3O2)o1. The Hall–Kier alpha value is -3.11. The first kappa shape index (κ1) is 19.8. The number of amides is 1. The summed E-state index contributed by atoms with van der Waals surface area (Å²) in [6.45, 7) is 0.744. The van der Waals surface area contributed by atoms with E-state index >= 15 is 0 Å². The summed E-state index contributed by atoms with van der Waals surface area (Å²) >= 11 is 2.79. The lowest BCUT2D eigenvalue weighted by Gasteiger charge is -2.23. The number of fused-ring (bicyclic) bond motifs is 2. The number of aromatic nitrogens is 3. The quantitative estimate of drug-likeness (QED) is 0.405. The van der Waals surface area contributed by atoms with Gasteiger partial charge in [-0.3, -0.25) is 4.79 Å². The molecule has 0 radical (unpaired) electrons. The minimum absolute atomic E-state index is 0.0461. The van der Waals surface area contributed by atoms with Gasteiger partial charge in [0, 0.05) is 7.05 Å². The van der Waals surface area contributed by atoms with E-state index in [-0.39, 0.29) is 18.3 Å². The van der Waals surface area contributed by atoms with Crippen LogP contribution < -0.4 is 9.47 Å². The molecule has 3 heterocycles. The van der Waals surface area contributed by atoms with Crippen molar-refractivity contribution in [3.63, 3.8) is 0 Å². The first-order chi connectivity index (χ1) is 15.2. The van der Waals surface area contributed by atoms with E-state index in [0.29, 0.717) is 29.2 Å². The van der Waals surface area contributed by atoms with Crippen molar-refractivity contribution in [1.82, 2.24) is 20.1 Å². The smallest absolute Gasteiger partial charge is 0.277 e. The van der Waals surface area contributed by atoms with Crippen molar-refractivity contribution >= 4 is 39.2 Å². The van der Waals surface area contributed by atoms with E-state index in [1.807, 2.05) is 48.5 Å². The zero-order valence-electron chi connectivity index (χ0n) is 16.6. The zero-order valence-corrected chi connectivity index (χ0v) is 18.2.